The number of hydrogen-bond donors (Lipinski definition) is 4. The molecule has 1 aliphatic rings. The number of ketones is 2. The molecule has 31 heavy (non-hydrogen) atoms. The molecule has 0 aromatic heterocycles. The van der Waals surface area contributed by atoms with Crippen molar-refractivity contribution in [2.24, 2.45) is 0 Å². The van der Waals surface area contributed by atoms with E-state index in [4.69, 9.17) is 0 Å². The Kier molecular flexibility index (Phi) is 5.62. The monoisotopic (exact) mass is 418 g/mol. The number of aliphatic hydroxyl groups is 2. The van der Waals surface area contributed by atoms with E-state index in [1.807, 2.05) is 12.1 Å². The third kappa shape index (κ3) is 4.09. The fourth-order valence-electron chi connectivity index (χ4n) is 3.37. The van der Waals surface area contributed by atoms with Gasteiger partial charge in [0, 0.05) is 11.1 Å². The minimum atomic E-state index is -1.16. The maximum Gasteiger partial charge on any atom is 0.200 e. The predicted octanol–water partition coefficient (Wildman–Crippen LogP) is 3.67. The smallest absolute Gasteiger partial charge is 0.200 e. The first-order valence-corrected chi connectivity index (χ1v) is 9.59. The Bertz CT molecular complexity index is 1180. The van der Waals surface area contributed by atoms with E-state index in [9.17, 15) is 24.2 Å². The molecule has 3 aromatic carbocycles. The molecule has 1 unspecified atom stereocenters. The first-order chi connectivity index (χ1) is 15.0. The predicted molar refractivity (Wildman–Crippen MR) is 114 cm³/mol. The lowest BCUT2D eigenvalue weighted by Crippen LogP contribution is -2.21. The molecule has 0 saturated heterocycles. The number of fused-ring (bicyclic) bond motifs is 1. The summed E-state index contributed by atoms with van der Waals surface area (Å²) in [6, 6.07) is 18.4. The highest BCUT2D eigenvalue weighted by molar-refractivity contribution is 6.32. The molecule has 3 aromatic rings. The van der Waals surface area contributed by atoms with Crippen molar-refractivity contribution < 1.29 is 24.2 Å². The number of para-hydroxylation sites is 2. The van der Waals surface area contributed by atoms with E-state index in [0.717, 1.165) is 6.07 Å². The molecular formula is C24H19FN2O4. The standard InChI is InChI=1S/C24H19FN2O4/c25-17-8-4-7-16(12-17)23(31)21(24-26-18-9-1-2-10-19(18)27-24)22(30)15-6-3-5-14(11-15)20(29)13-28/h1-12,20,26-29H,13H2. The minimum absolute atomic E-state index is 0.0296. The second kappa shape index (κ2) is 8.51. The number of halogens is 1. The van der Waals surface area contributed by atoms with Crippen molar-refractivity contribution in [3.05, 3.63) is 107 Å². The average molecular weight is 418 g/mol. The molecular weight excluding hydrogens is 399 g/mol. The highest BCUT2D eigenvalue weighted by Gasteiger charge is 2.29. The number of carbonyl (C=O) groups is 2. The van der Waals surface area contributed by atoms with Gasteiger partial charge in [0.15, 0.2) is 0 Å². The van der Waals surface area contributed by atoms with Crippen molar-refractivity contribution in [3.63, 3.8) is 0 Å². The fourth-order valence-corrected chi connectivity index (χ4v) is 3.37. The molecule has 1 atom stereocenters. The van der Waals surface area contributed by atoms with Crippen LogP contribution >= 0.6 is 0 Å². The Hall–Kier alpha value is -3.81. The molecule has 6 nitrogen and oxygen atoms in total. The number of rotatable bonds is 6. The summed E-state index contributed by atoms with van der Waals surface area (Å²) >= 11 is 0. The van der Waals surface area contributed by atoms with Crippen LogP contribution in [0.5, 0.6) is 0 Å². The summed E-state index contributed by atoms with van der Waals surface area (Å²) in [6.07, 6.45) is -1.16. The van der Waals surface area contributed by atoms with Crippen LogP contribution in [-0.2, 0) is 0 Å². The SMILES string of the molecule is O=C(C(C(=O)c1cccc(C(O)CO)c1)=C1Nc2ccccc2N1)c1cccc(F)c1. The number of aliphatic hydroxyl groups excluding tert-OH is 2. The zero-order valence-corrected chi connectivity index (χ0v) is 16.3. The number of anilines is 2. The Labute approximate surface area is 177 Å². The van der Waals surface area contributed by atoms with Crippen LogP contribution in [0, 0.1) is 5.82 Å². The molecule has 0 radical (unpaired) electrons. The molecule has 156 valence electrons. The zero-order chi connectivity index (χ0) is 22.0. The van der Waals surface area contributed by atoms with Gasteiger partial charge in [0.2, 0.25) is 11.6 Å². The molecule has 4 rings (SSSR count). The van der Waals surface area contributed by atoms with Crippen LogP contribution < -0.4 is 10.6 Å². The fraction of sp³-hybridized carbons (Fsp3) is 0.0833. The first-order valence-electron chi connectivity index (χ1n) is 9.59. The highest BCUT2D eigenvalue weighted by Crippen LogP contribution is 2.33. The van der Waals surface area contributed by atoms with Crippen molar-refractivity contribution >= 4 is 22.9 Å². The minimum Gasteiger partial charge on any atom is -0.393 e. The average Bonchev–Trinajstić information content (AvgIpc) is 3.22. The van der Waals surface area contributed by atoms with Gasteiger partial charge in [-0.1, -0.05) is 42.5 Å². The van der Waals surface area contributed by atoms with Gasteiger partial charge in [0.05, 0.1) is 18.0 Å². The lowest BCUT2D eigenvalue weighted by atomic mass is 9.94. The molecule has 0 saturated carbocycles. The van der Waals surface area contributed by atoms with Crippen LogP contribution in [0.25, 0.3) is 0 Å². The third-order valence-electron chi connectivity index (χ3n) is 4.94. The van der Waals surface area contributed by atoms with Gasteiger partial charge in [-0.05, 0) is 35.9 Å². The summed E-state index contributed by atoms with van der Waals surface area (Å²) in [4.78, 5) is 26.8. The van der Waals surface area contributed by atoms with E-state index in [2.05, 4.69) is 10.6 Å². The van der Waals surface area contributed by atoms with Gasteiger partial charge in [-0.25, -0.2) is 4.39 Å². The topological polar surface area (TPSA) is 98.7 Å². The van der Waals surface area contributed by atoms with Gasteiger partial charge in [-0.2, -0.15) is 0 Å². The second-order valence-corrected chi connectivity index (χ2v) is 7.04. The van der Waals surface area contributed by atoms with Gasteiger partial charge in [0.1, 0.15) is 23.3 Å². The summed E-state index contributed by atoms with van der Waals surface area (Å²) in [5, 5.41) is 25.2. The molecule has 0 amide bonds. The number of hydrogen-bond acceptors (Lipinski definition) is 6. The van der Waals surface area contributed by atoms with Crippen molar-refractivity contribution in [1.29, 1.82) is 0 Å². The number of benzene rings is 3. The number of nitrogens with one attached hydrogen (secondary N) is 2. The first kappa shape index (κ1) is 20.5. The molecule has 1 heterocycles. The third-order valence-corrected chi connectivity index (χ3v) is 4.94. The van der Waals surface area contributed by atoms with E-state index in [-0.39, 0.29) is 22.5 Å². The molecule has 0 aliphatic carbocycles. The number of allylic oxidation sites excluding steroid dienone is 1. The van der Waals surface area contributed by atoms with Crippen LogP contribution in [-0.4, -0.2) is 28.4 Å². The maximum absolute atomic E-state index is 13.8. The molecule has 0 spiro atoms. The van der Waals surface area contributed by atoms with Crippen LogP contribution in [0.15, 0.2) is 84.2 Å². The lowest BCUT2D eigenvalue weighted by molar-refractivity contribution is 0.0945. The Morgan fingerprint density at radius 1 is 0.839 bits per heavy atom. The van der Waals surface area contributed by atoms with Gasteiger partial charge in [-0.15, -0.1) is 0 Å². The Balaban J connectivity index is 1.81. The van der Waals surface area contributed by atoms with Crippen LogP contribution in [0.2, 0.25) is 0 Å². The highest BCUT2D eigenvalue weighted by atomic mass is 19.1. The van der Waals surface area contributed by atoms with Crippen molar-refractivity contribution in [3.8, 4) is 0 Å². The number of carbonyl (C=O) groups excluding carboxylic acids is 2. The second-order valence-electron chi connectivity index (χ2n) is 7.04. The molecule has 4 N–H and O–H groups in total. The van der Waals surface area contributed by atoms with Gasteiger partial charge in [0.25, 0.3) is 0 Å². The van der Waals surface area contributed by atoms with Crippen LogP contribution in [0.4, 0.5) is 15.8 Å². The molecule has 0 bridgehead atoms. The van der Waals surface area contributed by atoms with Gasteiger partial charge < -0.3 is 20.8 Å². The van der Waals surface area contributed by atoms with E-state index in [1.165, 1.54) is 30.3 Å². The van der Waals surface area contributed by atoms with Gasteiger partial charge >= 0.3 is 0 Å². The van der Waals surface area contributed by atoms with Crippen LogP contribution in [0.3, 0.4) is 0 Å². The van der Waals surface area contributed by atoms with Crippen molar-refractivity contribution in [2.45, 2.75) is 6.10 Å². The van der Waals surface area contributed by atoms with Crippen LogP contribution in [0.1, 0.15) is 32.4 Å². The summed E-state index contributed by atoms with van der Waals surface area (Å²) in [6.45, 7) is -0.508. The largest absolute Gasteiger partial charge is 0.393 e. The summed E-state index contributed by atoms with van der Waals surface area (Å²) < 4.78 is 13.8. The lowest BCUT2D eigenvalue weighted by Gasteiger charge is -2.13. The van der Waals surface area contributed by atoms with Crippen molar-refractivity contribution in [2.75, 3.05) is 17.2 Å². The Morgan fingerprint density at radius 2 is 1.42 bits per heavy atom. The summed E-state index contributed by atoms with van der Waals surface area (Å²) in [5.74, 6) is -1.66. The van der Waals surface area contributed by atoms with Crippen molar-refractivity contribution in [1.82, 2.24) is 0 Å². The Morgan fingerprint density at radius 3 is 2.00 bits per heavy atom. The van der Waals surface area contributed by atoms with E-state index >= 15 is 0 Å². The number of Topliss-reactive ketones (excluding diaryl/α,β-unsaturated/α-hetero) is 2. The maximum atomic E-state index is 13.8. The van der Waals surface area contributed by atoms with Gasteiger partial charge in [-0.3, -0.25) is 9.59 Å². The van der Waals surface area contributed by atoms with E-state index < -0.39 is 30.1 Å². The summed E-state index contributed by atoms with van der Waals surface area (Å²) in [7, 11) is 0. The molecule has 7 heteroatoms. The molecule has 1 aliphatic heterocycles. The van der Waals surface area contributed by atoms with E-state index in [0.29, 0.717) is 16.9 Å². The van der Waals surface area contributed by atoms with E-state index in [1.54, 1.807) is 24.3 Å². The zero-order valence-electron chi connectivity index (χ0n) is 16.3. The molecule has 0 fully saturated rings. The quantitative estimate of drug-likeness (QED) is 0.211. The normalized spacial score (nSPS) is 13.1. The summed E-state index contributed by atoms with van der Waals surface area (Å²) in [5.41, 5.74) is 1.71.